The summed E-state index contributed by atoms with van der Waals surface area (Å²) in [6, 6.07) is 12.6. The smallest absolute Gasteiger partial charge is 0.417 e. The van der Waals surface area contributed by atoms with Gasteiger partial charge in [0.2, 0.25) is 0 Å². The Morgan fingerprint density at radius 1 is 1.11 bits per heavy atom. The highest BCUT2D eigenvalue weighted by molar-refractivity contribution is 7.80. The third-order valence-corrected chi connectivity index (χ3v) is 4.37. The van der Waals surface area contributed by atoms with Crippen LogP contribution in [0.15, 0.2) is 57.7 Å². The quantitative estimate of drug-likeness (QED) is 0.488. The highest BCUT2D eigenvalue weighted by atomic mass is 32.1. The molecule has 8 heteroatoms. The van der Waals surface area contributed by atoms with Gasteiger partial charge in [-0.15, -0.1) is 0 Å². The number of fused-ring (bicyclic) bond motifs is 1. The van der Waals surface area contributed by atoms with Gasteiger partial charge in [-0.1, -0.05) is 29.8 Å². The number of aryl methyl sites for hydroxylation is 1. The Morgan fingerprint density at radius 2 is 1.82 bits per heavy atom. The van der Waals surface area contributed by atoms with Crippen molar-refractivity contribution < 1.29 is 17.6 Å². The van der Waals surface area contributed by atoms with Crippen molar-refractivity contribution >= 4 is 34.0 Å². The first-order chi connectivity index (χ1) is 13.2. The van der Waals surface area contributed by atoms with E-state index < -0.39 is 17.4 Å². The fourth-order valence-corrected chi connectivity index (χ4v) is 2.95. The number of alkyl halides is 3. The molecule has 3 aromatic rings. The Kier molecular flexibility index (Phi) is 5.69. The van der Waals surface area contributed by atoms with Crippen molar-refractivity contribution in [3.05, 3.63) is 75.6 Å². The summed E-state index contributed by atoms with van der Waals surface area (Å²) >= 11 is 5.20. The van der Waals surface area contributed by atoms with E-state index in [1.165, 1.54) is 23.8 Å². The lowest BCUT2D eigenvalue weighted by atomic mass is 10.1. The normalized spacial score (nSPS) is 11.4. The average Bonchev–Trinajstić information content (AvgIpc) is 2.62. The van der Waals surface area contributed by atoms with Crippen LogP contribution in [0, 0.1) is 6.92 Å². The summed E-state index contributed by atoms with van der Waals surface area (Å²) in [7, 11) is 0. The molecule has 0 saturated heterocycles. The van der Waals surface area contributed by atoms with E-state index in [1.807, 2.05) is 31.2 Å². The zero-order valence-corrected chi connectivity index (χ0v) is 15.7. The Hall–Kier alpha value is -2.87. The maximum Gasteiger partial charge on any atom is 0.417 e. The molecule has 0 saturated carbocycles. The number of halogens is 3. The van der Waals surface area contributed by atoms with E-state index in [-0.39, 0.29) is 16.1 Å². The Morgan fingerprint density at radius 3 is 2.50 bits per heavy atom. The molecule has 1 aromatic heterocycles. The molecular formula is C20H17F3N2O2S. The second-order valence-electron chi connectivity index (χ2n) is 6.30. The van der Waals surface area contributed by atoms with Crippen LogP contribution < -0.4 is 16.3 Å². The summed E-state index contributed by atoms with van der Waals surface area (Å²) in [5.74, 6) is 0. The van der Waals surface area contributed by atoms with Crippen molar-refractivity contribution in [1.82, 2.24) is 5.32 Å². The zero-order chi connectivity index (χ0) is 20.3. The molecule has 1 heterocycles. The van der Waals surface area contributed by atoms with Gasteiger partial charge in [-0.2, -0.15) is 13.2 Å². The first-order valence-electron chi connectivity index (χ1n) is 8.48. The predicted octanol–water partition coefficient (Wildman–Crippen LogP) is 4.65. The van der Waals surface area contributed by atoms with Crippen molar-refractivity contribution in [2.45, 2.75) is 19.5 Å². The standard InChI is InChI=1S/C20H17F3N2O2S/c1-12-2-4-13(5-3-12)8-9-24-19(28)25-14-6-7-17-15(10-14)16(20(21,22)23)11-18(26)27-17/h2-7,10-11H,8-9H2,1H3,(H2,24,25,28). The third kappa shape index (κ3) is 4.89. The predicted molar refractivity (Wildman–Crippen MR) is 107 cm³/mol. The minimum atomic E-state index is -4.67. The highest BCUT2D eigenvalue weighted by Crippen LogP contribution is 2.34. The molecule has 0 bridgehead atoms. The molecule has 0 amide bonds. The van der Waals surface area contributed by atoms with Gasteiger partial charge in [0.1, 0.15) is 5.58 Å². The zero-order valence-electron chi connectivity index (χ0n) is 14.9. The fraction of sp³-hybridized carbons (Fsp3) is 0.200. The van der Waals surface area contributed by atoms with Crippen LogP contribution in [-0.2, 0) is 12.6 Å². The van der Waals surface area contributed by atoms with Gasteiger partial charge in [-0.25, -0.2) is 4.79 Å². The summed E-state index contributed by atoms with van der Waals surface area (Å²) < 4.78 is 44.5. The Balaban J connectivity index is 1.69. The molecule has 0 unspecified atom stereocenters. The van der Waals surface area contributed by atoms with E-state index in [1.54, 1.807) is 0 Å². The largest absolute Gasteiger partial charge is 0.423 e. The molecule has 0 atom stereocenters. The second-order valence-corrected chi connectivity index (χ2v) is 6.71. The van der Waals surface area contributed by atoms with E-state index in [0.29, 0.717) is 18.3 Å². The topological polar surface area (TPSA) is 54.3 Å². The number of benzene rings is 2. The Labute approximate surface area is 164 Å². The first kappa shape index (κ1) is 19.9. The molecule has 0 fully saturated rings. The van der Waals surface area contributed by atoms with Gasteiger partial charge in [-0.3, -0.25) is 0 Å². The first-order valence-corrected chi connectivity index (χ1v) is 8.89. The van der Waals surface area contributed by atoms with Crippen molar-refractivity contribution in [2.24, 2.45) is 0 Å². The fourth-order valence-electron chi connectivity index (χ4n) is 2.73. The number of hydrogen-bond acceptors (Lipinski definition) is 3. The van der Waals surface area contributed by atoms with Gasteiger partial charge in [-0.05, 0) is 49.3 Å². The third-order valence-electron chi connectivity index (χ3n) is 4.13. The van der Waals surface area contributed by atoms with Crippen LogP contribution in [0.2, 0.25) is 0 Å². The van der Waals surface area contributed by atoms with Crippen LogP contribution in [0.25, 0.3) is 11.0 Å². The molecule has 0 aliphatic heterocycles. The van der Waals surface area contributed by atoms with Crippen LogP contribution in [-0.4, -0.2) is 11.7 Å². The van der Waals surface area contributed by atoms with E-state index >= 15 is 0 Å². The molecule has 3 rings (SSSR count). The molecule has 28 heavy (non-hydrogen) atoms. The van der Waals surface area contributed by atoms with Crippen molar-refractivity contribution in [3.63, 3.8) is 0 Å². The monoisotopic (exact) mass is 406 g/mol. The molecule has 2 aromatic carbocycles. The minimum Gasteiger partial charge on any atom is -0.423 e. The number of thiocarbonyl (C=S) groups is 1. The van der Waals surface area contributed by atoms with Gasteiger partial charge in [0, 0.05) is 23.7 Å². The van der Waals surface area contributed by atoms with Gasteiger partial charge in [0.15, 0.2) is 5.11 Å². The molecule has 2 N–H and O–H groups in total. The molecular weight excluding hydrogens is 389 g/mol. The van der Waals surface area contributed by atoms with Crippen molar-refractivity contribution in [3.8, 4) is 0 Å². The van der Waals surface area contributed by atoms with Crippen molar-refractivity contribution in [2.75, 3.05) is 11.9 Å². The van der Waals surface area contributed by atoms with E-state index in [9.17, 15) is 18.0 Å². The van der Waals surface area contributed by atoms with Gasteiger partial charge < -0.3 is 15.1 Å². The summed E-state index contributed by atoms with van der Waals surface area (Å²) in [5, 5.41) is 5.96. The van der Waals surface area contributed by atoms with E-state index in [4.69, 9.17) is 16.6 Å². The van der Waals surface area contributed by atoms with Crippen LogP contribution in [0.1, 0.15) is 16.7 Å². The van der Waals surface area contributed by atoms with E-state index in [0.717, 1.165) is 12.0 Å². The van der Waals surface area contributed by atoms with Crippen LogP contribution in [0.3, 0.4) is 0 Å². The second kappa shape index (κ2) is 8.02. The van der Waals surface area contributed by atoms with Gasteiger partial charge in [0.05, 0.1) is 5.56 Å². The summed E-state index contributed by atoms with van der Waals surface area (Å²) in [6.07, 6.45) is -3.91. The number of nitrogens with one attached hydrogen (secondary N) is 2. The summed E-state index contributed by atoms with van der Waals surface area (Å²) in [5.41, 5.74) is 0.466. The van der Waals surface area contributed by atoms with Crippen LogP contribution >= 0.6 is 12.2 Å². The Bertz CT molecular complexity index is 1060. The molecule has 4 nitrogen and oxygen atoms in total. The van der Waals surface area contributed by atoms with Gasteiger partial charge in [0.25, 0.3) is 0 Å². The number of hydrogen-bond donors (Lipinski definition) is 2. The average molecular weight is 406 g/mol. The maximum atomic E-state index is 13.2. The molecule has 0 aliphatic rings. The van der Waals surface area contributed by atoms with Crippen LogP contribution in [0.4, 0.5) is 18.9 Å². The van der Waals surface area contributed by atoms with Crippen LogP contribution in [0.5, 0.6) is 0 Å². The number of rotatable bonds is 4. The molecule has 0 radical (unpaired) electrons. The lowest BCUT2D eigenvalue weighted by Crippen LogP contribution is -2.30. The SMILES string of the molecule is Cc1ccc(CCNC(=S)Nc2ccc3oc(=O)cc(C(F)(F)F)c3c2)cc1. The summed E-state index contributed by atoms with van der Waals surface area (Å²) in [4.78, 5) is 11.4. The summed E-state index contributed by atoms with van der Waals surface area (Å²) in [6.45, 7) is 2.59. The molecule has 0 aliphatic carbocycles. The highest BCUT2D eigenvalue weighted by Gasteiger charge is 2.33. The van der Waals surface area contributed by atoms with Crippen molar-refractivity contribution in [1.29, 1.82) is 0 Å². The molecule has 0 spiro atoms. The molecule has 146 valence electrons. The number of anilines is 1. The maximum absolute atomic E-state index is 13.2. The lowest BCUT2D eigenvalue weighted by molar-refractivity contribution is -0.136. The van der Waals surface area contributed by atoms with E-state index in [2.05, 4.69) is 10.6 Å². The minimum absolute atomic E-state index is 0.136. The van der Waals surface area contributed by atoms with Gasteiger partial charge >= 0.3 is 11.8 Å². The lowest BCUT2D eigenvalue weighted by Gasteiger charge is -2.13.